The number of rotatable bonds is 5. The molecule has 4 rings (SSSR count). The number of methoxy groups -OCH3 is 1. The number of hydrogen-bond acceptors (Lipinski definition) is 4. The van der Waals surface area contributed by atoms with Gasteiger partial charge in [0.25, 0.3) is 0 Å². The number of carbonyl (C=O) groups is 1. The Balaban J connectivity index is 1.75. The number of pyridine rings is 1. The molecular formula is C26H23ClN2O3. The lowest BCUT2D eigenvalue weighted by Gasteiger charge is -2.13. The highest BCUT2D eigenvalue weighted by Gasteiger charge is 2.19. The van der Waals surface area contributed by atoms with Crippen LogP contribution in [0.5, 0.6) is 5.75 Å². The van der Waals surface area contributed by atoms with Crippen molar-refractivity contribution >= 4 is 39.9 Å². The quantitative estimate of drug-likeness (QED) is 0.342. The average Bonchev–Trinajstić information content (AvgIpc) is 3.20. The van der Waals surface area contributed by atoms with Gasteiger partial charge in [-0.05, 0) is 61.7 Å². The molecule has 0 unspecified atom stereocenters. The van der Waals surface area contributed by atoms with Crippen molar-refractivity contribution in [2.75, 3.05) is 12.4 Å². The molecule has 0 aliphatic carbocycles. The minimum Gasteiger partial charge on any atom is -0.496 e. The Kier molecular flexibility index (Phi) is 6.01. The molecule has 0 spiro atoms. The number of nitrogens with zero attached hydrogens (tertiary/aromatic N) is 1. The zero-order valence-corrected chi connectivity index (χ0v) is 19.1. The maximum absolute atomic E-state index is 12.6. The fourth-order valence-corrected chi connectivity index (χ4v) is 3.83. The summed E-state index contributed by atoms with van der Waals surface area (Å²) in [4.78, 5) is 16.8. The molecule has 0 radical (unpaired) electrons. The molecule has 162 valence electrons. The Morgan fingerprint density at radius 3 is 2.56 bits per heavy atom. The van der Waals surface area contributed by atoms with Crippen LogP contribution in [0, 0.1) is 13.8 Å². The molecule has 2 heterocycles. The molecule has 5 nitrogen and oxygen atoms in total. The average molecular weight is 447 g/mol. The monoisotopic (exact) mass is 446 g/mol. The number of carbonyl (C=O) groups excluding carboxylic acids is 1. The number of fused-ring (bicyclic) bond motifs is 1. The number of anilines is 1. The van der Waals surface area contributed by atoms with Gasteiger partial charge in [0.2, 0.25) is 5.91 Å². The molecule has 0 aliphatic rings. The van der Waals surface area contributed by atoms with Crippen LogP contribution in [-0.4, -0.2) is 18.0 Å². The Morgan fingerprint density at radius 2 is 1.91 bits per heavy atom. The molecule has 0 bridgehead atoms. The van der Waals surface area contributed by atoms with Gasteiger partial charge in [-0.25, -0.2) is 4.98 Å². The molecule has 32 heavy (non-hydrogen) atoms. The highest BCUT2D eigenvalue weighted by Crippen LogP contribution is 2.40. The first-order valence-corrected chi connectivity index (χ1v) is 10.5. The van der Waals surface area contributed by atoms with E-state index in [0.717, 1.165) is 44.4 Å². The van der Waals surface area contributed by atoms with Gasteiger partial charge in [-0.3, -0.25) is 4.79 Å². The van der Waals surface area contributed by atoms with Crippen LogP contribution in [0.15, 0.2) is 65.4 Å². The summed E-state index contributed by atoms with van der Waals surface area (Å²) in [7, 11) is 1.62. The van der Waals surface area contributed by atoms with Crippen LogP contribution in [0.2, 0.25) is 5.02 Å². The number of ether oxygens (including phenoxy) is 1. The van der Waals surface area contributed by atoms with E-state index in [1.807, 2.05) is 57.2 Å². The molecular weight excluding hydrogens is 424 g/mol. The third-order valence-electron chi connectivity index (χ3n) is 5.34. The summed E-state index contributed by atoms with van der Waals surface area (Å²) in [6, 6.07) is 13.3. The van der Waals surface area contributed by atoms with Crippen molar-refractivity contribution in [3.63, 3.8) is 0 Å². The van der Waals surface area contributed by atoms with Crippen molar-refractivity contribution in [3.8, 4) is 16.9 Å². The van der Waals surface area contributed by atoms with Gasteiger partial charge < -0.3 is 14.5 Å². The van der Waals surface area contributed by atoms with Crippen molar-refractivity contribution in [1.29, 1.82) is 0 Å². The second-order valence-corrected chi connectivity index (χ2v) is 8.09. The van der Waals surface area contributed by atoms with Gasteiger partial charge in [0.1, 0.15) is 17.2 Å². The summed E-state index contributed by atoms with van der Waals surface area (Å²) in [5.41, 5.74) is 6.17. The largest absolute Gasteiger partial charge is 0.496 e. The molecule has 0 saturated heterocycles. The number of aryl methyl sites for hydroxylation is 2. The number of nitrogens with one attached hydrogen (secondary N) is 1. The number of benzene rings is 2. The SMILES string of the molecule is COc1c(/C(C)=C/C(=O)Nc2ccc(C)cn2)cc2c(-c3ccc(Cl)cc3)coc2c1C. The van der Waals surface area contributed by atoms with Gasteiger partial charge in [0, 0.05) is 39.4 Å². The normalized spacial score (nSPS) is 11.6. The predicted octanol–water partition coefficient (Wildman–Crippen LogP) is 6.82. The molecule has 2 aromatic carbocycles. The van der Waals surface area contributed by atoms with Gasteiger partial charge in [0.05, 0.1) is 13.4 Å². The number of aromatic nitrogens is 1. The van der Waals surface area contributed by atoms with Crippen molar-refractivity contribution in [2.45, 2.75) is 20.8 Å². The highest BCUT2D eigenvalue weighted by atomic mass is 35.5. The number of allylic oxidation sites excluding steroid dienone is 1. The number of furan rings is 1. The van der Waals surface area contributed by atoms with Gasteiger partial charge in [-0.1, -0.05) is 29.8 Å². The van der Waals surface area contributed by atoms with E-state index in [-0.39, 0.29) is 5.91 Å². The zero-order chi connectivity index (χ0) is 22.8. The summed E-state index contributed by atoms with van der Waals surface area (Å²) >= 11 is 6.05. The predicted molar refractivity (Wildman–Crippen MR) is 129 cm³/mol. The lowest BCUT2D eigenvalue weighted by molar-refractivity contribution is -0.111. The Morgan fingerprint density at radius 1 is 1.16 bits per heavy atom. The molecule has 1 N–H and O–H groups in total. The van der Waals surface area contributed by atoms with Crippen LogP contribution in [0.3, 0.4) is 0 Å². The second kappa shape index (κ2) is 8.89. The van der Waals surface area contributed by atoms with Crippen LogP contribution in [0.4, 0.5) is 5.82 Å². The zero-order valence-electron chi connectivity index (χ0n) is 18.3. The Bertz CT molecular complexity index is 1320. The van der Waals surface area contributed by atoms with Gasteiger partial charge in [-0.2, -0.15) is 0 Å². The van der Waals surface area contributed by atoms with Crippen molar-refractivity contribution < 1.29 is 13.9 Å². The molecule has 4 aromatic rings. The molecule has 1 amide bonds. The summed E-state index contributed by atoms with van der Waals surface area (Å²) in [6.07, 6.45) is 5.00. The lowest BCUT2D eigenvalue weighted by atomic mass is 9.96. The molecule has 6 heteroatoms. The maximum Gasteiger partial charge on any atom is 0.249 e. The van der Waals surface area contributed by atoms with Crippen LogP contribution < -0.4 is 10.1 Å². The van der Waals surface area contributed by atoms with E-state index in [0.29, 0.717) is 16.6 Å². The Labute approximate surface area is 191 Å². The standard InChI is InChI=1S/C26H23ClN2O3/c1-15-5-10-23(28-13-15)29-24(30)11-16(2)20-12-21-22(18-6-8-19(27)9-7-18)14-32-26(21)17(3)25(20)31-4/h5-14H,1-4H3,(H,28,29,30)/b16-11+. The molecule has 2 aromatic heterocycles. The van der Waals surface area contributed by atoms with Crippen LogP contribution in [-0.2, 0) is 4.79 Å². The van der Waals surface area contributed by atoms with E-state index in [4.69, 9.17) is 20.8 Å². The van der Waals surface area contributed by atoms with E-state index < -0.39 is 0 Å². The fraction of sp³-hybridized carbons (Fsp3) is 0.154. The van der Waals surface area contributed by atoms with E-state index in [2.05, 4.69) is 10.3 Å². The molecule has 0 aliphatic heterocycles. The van der Waals surface area contributed by atoms with Crippen molar-refractivity contribution in [3.05, 3.63) is 82.7 Å². The van der Waals surface area contributed by atoms with E-state index in [1.165, 1.54) is 0 Å². The smallest absolute Gasteiger partial charge is 0.249 e. The summed E-state index contributed by atoms with van der Waals surface area (Å²) in [5, 5.41) is 4.41. The molecule has 0 atom stereocenters. The van der Waals surface area contributed by atoms with Crippen molar-refractivity contribution in [2.24, 2.45) is 0 Å². The third-order valence-corrected chi connectivity index (χ3v) is 5.59. The van der Waals surface area contributed by atoms with Gasteiger partial charge in [-0.15, -0.1) is 0 Å². The first-order valence-electron chi connectivity index (χ1n) is 10.1. The topological polar surface area (TPSA) is 64.4 Å². The van der Waals surface area contributed by atoms with Gasteiger partial charge >= 0.3 is 0 Å². The van der Waals surface area contributed by atoms with E-state index >= 15 is 0 Å². The van der Waals surface area contributed by atoms with Crippen molar-refractivity contribution in [1.82, 2.24) is 4.98 Å². The summed E-state index contributed by atoms with van der Waals surface area (Å²) in [6.45, 7) is 5.78. The van der Waals surface area contributed by atoms with Gasteiger partial charge in [0.15, 0.2) is 0 Å². The van der Waals surface area contributed by atoms with Crippen LogP contribution >= 0.6 is 11.6 Å². The second-order valence-electron chi connectivity index (χ2n) is 7.65. The number of halogens is 1. The highest BCUT2D eigenvalue weighted by molar-refractivity contribution is 6.30. The number of hydrogen-bond donors (Lipinski definition) is 1. The number of amides is 1. The van der Waals surface area contributed by atoms with Crippen LogP contribution in [0.25, 0.3) is 27.7 Å². The minimum absolute atomic E-state index is 0.260. The summed E-state index contributed by atoms with van der Waals surface area (Å²) < 4.78 is 11.6. The van der Waals surface area contributed by atoms with E-state index in [9.17, 15) is 4.79 Å². The van der Waals surface area contributed by atoms with Crippen LogP contribution in [0.1, 0.15) is 23.6 Å². The minimum atomic E-state index is -0.260. The third kappa shape index (κ3) is 4.25. The molecule has 0 fully saturated rings. The lowest BCUT2D eigenvalue weighted by Crippen LogP contribution is -2.10. The first kappa shape index (κ1) is 21.7. The maximum atomic E-state index is 12.6. The summed E-state index contributed by atoms with van der Waals surface area (Å²) in [5.74, 6) is 0.913. The molecule has 0 saturated carbocycles. The first-order chi connectivity index (χ1) is 15.4. The Hall–Kier alpha value is -3.57. The fourth-order valence-electron chi connectivity index (χ4n) is 3.70. The van der Waals surface area contributed by atoms with E-state index in [1.54, 1.807) is 31.7 Å².